The van der Waals surface area contributed by atoms with Crippen LogP contribution < -0.4 is 0 Å². The lowest BCUT2D eigenvalue weighted by atomic mass is 10.1. The van der Waals surface area contributed by atoms with E-state index in [-0.39, 0.29) is 5.56 Å². The van der Waals surface area contributed by atoms with Crippen LogP contribution in [0.5, 0.6) is 5.75 Å². The smallest absolute Gasteiger partial charge is 0.200 e. The van der Waals surface area contributed by atoms with Crippen LogP contribution in [0.15, 0.2) is 30.6 Å². The lowest BCUT2D eigenvalue weighted by Gasteiger charge is -2.05. The normalized spacial score (nSPS) is 10.4. The second-order valence-electron chi connectivity index (χ2n) is 3.15. The quantitative estimate of drug-likeness (QED) is 0.830. The van der Waals surface area contributed by atoms with E-state index in [1.807, 2.05) is 0 Å². The highest BCUT2D eigenvalue weighted by Crippen LogP contribution is 2.29. The first-order chi connectivity index (χ1) is 7.59. The van der Waals surface area contributed by atoms with Gasteiger partial charge in [-0.05, 0) is 18.2 Å². The number of aromatic hydroxyl groups is 1. The Morgan fingerprint density at radius 3 is 2.56 bits per heavy atom. The molecule has 5 heteroatoms. The van der Waals surface area contributed by atoms with Gasteiger partial charge in [-0.25, -0.2) is 4.39 Å². The highest BCUT2D eigenvalue weighted by molar-refractivity contribution is 6.30. The second-order valence-corrected chi connectivity index (χ2v) is 3.59. The third-order valence-electron chi connectivity index (χ3n) is 2.08. The van der Waals surface area contributed by atoms with Crippen LogP contribution >= 0.6 is 11.6 Å². The van der Waals surface area contributed by atoms with E-state index in [9.17, 15) is 8.78 Å². The highest BCUT2D eigenvalue weighted by atomic mass is 35.5. The number of hydrogen-bond acceptors (Lipinski definition) is 2. The molecule has 2 aromatic rings. The fourth-order valence-corrected chi connectivity index (χ4v) is 1.50. The van der Waals surface area contributed by atoms with Crippen LogP contribution in [-0.4, -0.2) is 10.1 Å². The van der Waals surface area contributed by atoms with Gasteiger partial charge >= 0.3 is 0 Å². The highest BCUT2D eigenvalue weighted by Gasteiger charge is 2.14. The first-order valence-corrected chi connectivity index (χ1v) is 4.75. The van der Waals surface area contributed by atoms with Crippen LogP contribution in [0.3, 0.4) is 0 Å². The lowest BCUT2D eigenvalue weighted by Crippen LogP contribution is -1.90. The standard InChI is InChI=1S/C11H6ClF2NO/c12-7-3-6(4-15-5-7)8-1-2-9(16)11(14)10(8)13/h1-5,16H. The number of phenolic OH excluding ortho intramolecular Hbond substituents is 1. The zero-order valence-electron chi connectivity index (χ0n) is 7.92. The average Bonchev–Trinajstić information content (AvgIpc) is 2.26. The number of nitrogens with zero attached hydrogens (tertiary/aromatic N) is 1. The van der Waals surface area contributed by atoms with Crippen molar-refractivity contribution < 1.29 is 13.9 Å². The molecule has 0 bridgehead atoms. The number of aromatic nitrogens is 1. The van der Waals surface area contributed by atoms with E-state index in [1.165, 1.54) is 24.5 Å². The summed E-state index contributed by atoms with van der Waals surface area (Å²) in [6, 6.07) is 3.80. The summed E-state index contributed by atoms with van der Waals surface area (Å²) in [6.45, 7) is 0. The average molecular weight is 242 g/mol. The summed E-state index contributed by atoms with van der Waals surface area (Å²) in [6.07, 6.45) is 2.75. The van der Waals surface area contributed by atoms with Crippen molar-refractivity contribution in [3.05, 3.63) is 47.2 Å². The molecule has 0 unspecified atom stereocenters. The third-order valence-corrected chi connectivity index (χ3v) is 2.28. The van der Waals surface area contributed by atoms with Crippen molar-refractivity contribution in [3.63, 3.8) is 0 Å². The molecule has 1 aromatic heterocycles. The summed E-state index contributed by atoms with van der Waals surface area (Å²) in [4.78, 5) is 3.77. The Morgan fingerprint density at radius 2 is 1.88 bits per heavy atom. The number of phenols is 1. The van der Waals surface area contributed by atoms with Gasteiger partial charge in [0, 0.05) is 23.5 Å². The fraction of sp³-hybridized carbons (Fsp3) is 0. The molecular formula is C11H6ClF2NO. The Morgan fingerprint density at radius 1 is 1.12 bits per heavy atom. The van der Waals surface area contributed by atoms with Crippen molar-refractivity contribution in [1.82, 2.24) is 4.98 Å². The van der Waals surface area contributed by atoms with Gasteiger partial charge in [0.15, 0.2) is 11.6 Å². The van der Waals surface area contributed by atoms with Crippen LogP contribution in [0.4, 0.5) is 8.78 Å². The fourth-order valence-electron chi connectivity index (χ4n) is 1.32. The topological polar surface area (TPSA) is 33.1 Å². The number of pyridine rings is 1. The number of rotatable bonds is 1. The summed E-state index contributed by atoms with van der Waals surface area (Å²) in [5.74, 6) is -3.13. The number of hydrogen-bond donors (Lipinski definition) is 1. The van der Waals surface area contributed by atoms with Gasteiger partial charge in [0.1, 0.15) is 0 Å². The Hall–Kier alpha value is -1.68. The van der Waals surface area contributed by atoms with Gasteiger partial charge < -0.3 is 5.11 Å². The molecule has 0 radical (unpaired) electrons. The summed E-state index contributed by atoms with van der Waals surface area (Å²) >= 11 is 5.69. The van der Waals surface area contributed by atoms with E-state index in [1.54, 1.807) is 0 Å². The molecule has 0 saturated heterocycles. The molecule has 0 spiro atoms. The number of halogens is 3. The SMILES string of the molecule is Oc1ccc(-c2cncc(Cl)c2)c(F)c1F. The molecule has 0 aliphatic heterocycles. The molecular weight excluding hydrogens is 236 g/mol. The summed E-state index contributed by atoms with van der Waals surface area (Å²) in [5.41, 5.74) is 0.356. The minimum absolute atomic E-state index is 0.00491. The molecule has 0 aliphatic rings. The van der Waals surface area contributed by atoms with Crippen LogP contribution in [0, 0.1) is 11.6 Å². The largest absolute Gasteiger partial charge is 0.505 e. The van der Waals surface area contributed by atoms with Gasteiger partial charge in [0.2, 0.25) is 5.82 Å². The van der Waals surface area contributed by atoms with Gasteiger partial charge in [0.05, 0.1) is 5.02 Å². The Kier molecular flexibility index (Phi) is 2.75. The summed E-state index contributed by atoms with van der Waals surface area (Å²) in [5, 5.41) is 9.29. The minimum Gasteiger partial charge on any atom is -0.505 e. The maximum absolute atomic E-state index is 13.5. The summed E-state index contributed by atoms with van der Waals surface area (Å²) in [7, 11) is 0. The maximum atomic E-state index is 13.5. The molecule has 82 valence electrons. The molecule has 2 nitrogen and oxygen atoms in total. The lowest BCUT2D eigenvalue weighted by molar-refractivity contribution is 0.408. The minimum atomic E-state index is -1.28. The van der Waals surface area contributed by atoms with Gasteiger partial charge in [-0.1, -0.05) is 11.6 Å². The molecule has 1 aromatic carbocycles. The molecule has 1 N–H and O–H groups in total. The van der Waals surface area contributed by atoms with E-state index in [4.69, 9.17) is 16.7 Å². The Labute approximate surface area is 95.1 Å². The van der Waals surface area contributed by atoms with Gasteiger partial charge in [-0.3, -0.25) is 4.98 Å². The van der Waals surface area contributed by atoms with Gasteiger partial charge in [-0.2, -0.15) is 4.39 Å². The van der Waals surface area contributed by atoms with Crippen molar-refractivity contribution in [2.45, 2.75) is 0 Å². The monoisotopic (exact) mass is 241 g/mol. The third kappa shape index (κ3) is 1.84. The molecule has 16 heavy (non-hydrogen) atoms. The number of benzene rings is 1. The van der Waals surface area contributed by atoms with E-state index in [0.29, 0.717) is 10.6 Å². The summed E-state index contributed by atoms with van der Waals surface area (Å²) < 4.78 is 26.6. The molecule has 0 amide bonds. The Balaban J connectivity index is 2.61. The zero-order chi connectivity index (χ0) is 11.7. The molecule has 0 aliphatic carbocycles. The first kappa shape index (κ1) is 10.8. The van der Waals surface area contributed by atoms with E-state index >= 15 is 0 Å². The van der Waals surface area contributed by atoms with Crippen LogP contribution in [-0.2, 0) is 0 Å². The Bertz CT molecular complexity index is 546. The first-order valence-electron chi connectivity index (χ1n) is 4.37. The molecule has 0 atom stereocenters. The van der Waals surface area contributed by atoms with Crippen molar-refractivity contribution >= 4 is 11.6 Å². The molecule has 1 heterocycles. The van der Waals surface area contributed by atoms with Crippen molar-refractivity contribution in [2.24, 2.45) is 0 Å². The van der Waals surface area contributed by atoms with Crippen LogP contribution in [0.25, 0.3) is 11.1 Å². The van der Waals surface area contributed by atoms with Crippen molar-refractivity contribution in [1.29, 1.82) is 0 Å². The van der Waals surface area contributed by atoms with Crippen LogP contribution in [0.2, 0.25) is 5.02 Å². The maximum Gasteiger partial charge on any atom is 0.200 e. The predicted octanol–water partition coefficient (Wildman–Crippen LogP) is 3.39. The molecule has 2 rings (SSSR count). The van der Waals surface area contributed by atoms with Crippen LogP contribution in [0.1, 0.15) is 0 Å². The second kappa shape index (κ2) is 4.06. The van der Waals surface area contributed by atoms with Crippen molar-refractivity contribution in [3.8, 4) is 16.9 Å². The zero-order valence-corrected chi connectivity index (χ0v) is 8.67. The van der Waals surface area contributed by atoms with Gasteiger partial charge in [0.25, 0.3) is 0 Å². The van der Waals surface area contributed by atoms with E-state index in [0.717, 1.165) is 6.07 Å². The van der Waals surface area contributed by atoms with Gasteiger partial charge in [-0.15, -0.1) is 0 Å². The predicted molar refractivity (Wildman–Crippen MR) is 56.3 cm³/mol. The van der Waals surface area contributed by atoms with E-state index < -0.39 is 17.4 Å². The van der Waals surface area contributed by atoms with E-state index in [2.05, 4.69) is 4.98 Å². The molecule has 0 saturated carbocycles. The van der Waals surface area contributed by atoms with Crippen molar-refractivity contribution in [2.75, 3.05) is 0 Å². The molecule has 0 fully saturated rings.